The summed E-state index contributed by atoms with van der Waals surface area (Å²) in [6.45, 7) is 1.98. The van der Waals surface area contributed by atoms with E-state index in [1.54, 1.807) is 36.4 Å². The second kappa shape index (κ2) is 6.81. The average Bonchev–Trinajstić information content (AvgIpc) is 3.01. The van der Waals surface area contributed by atoms with Crippen molar-refractivity contribution in [3.05, 3.63) is 81.7 Å². The summed E-state index contributed by atoms with van der Waals surface area (Å²) in [4.78, 5) is 18.1. The molecular weight excluding hydrogens is 316 g/mol. The number of nitrogens with one attached hydrogen (secondary N) is 1. The first-order chi connectivity index (χ1) is 12.1. The van der Waals surface area contributed by atoms with Crippen molar-refractivity contribution in [3.63, 3.8) is 0 Å². The van der Waals surface area contributed by atoms with E-state index in [2.05, 4.69) is 16.0 Å². The standard InChI is InChI=1S/C19H14N4O2/c1-13-9-10-16-17(11-13)22-19(21-16)15(12-20)7-4-6-14-5-2-3-8-18(14)23(24)25/h2-11H,1H3,(H,21,22)/b6-4+,15-7-. The van der Waals surface area contributed by atoms with Gasteiger partial charge < -0.3 is 4.98 Å². The zero-order valence-electron chi connectivity index (χ0n) is 13.4. The molecule has 0 radical (unpaired) electrons. The van der Waals surface area contributed by atoms with E-state index in [0.29, 0.717) is 17.0 Å². The lowest BCUT2D eigenvalue weighted by Crippen LogP contribution is -1.90. The van der Waals surface area contributed by atoms with Gasteiger partial charge in [-0.15, -0.1) is 0 Å². The Labute approximate surface area is 143 Å². The number of rotatable bonds is 4. The molecule has 0 unspecified atom stereocenters. The Kier molecular flexibility index (Phi) is 4.40. The molecule has 0 amide bonds. The number of nitro benzene ring substituents is 1. The number of allylic oxidation sites excluding steroid dienone is 3. The number of aromatic nitrogens is 2. The van der Waals surface area contributed by atoms with Gasteiger partial charge in [-0.05, 0) is 42.8 Å². The summed E-state index contributed by atoms with van der Waals surface area (Å²) in [5, 5.41) is 20.4. The third-order valence-corrected chi connectivity index (χ3v) is 3.69. The van der Waals surface area contributed by atoms with Crippen LogP contribution in [-0.2, 0) is 0 Å². The minimum atomic E-state index is -0.434. The van der Waals surface area contributed by atoms with E-state index >= 15 is 0 Å². The molecule has 25 heavy (non-hydrogen) atoms. The normalized spacial score (nSPS) is 11.8. The number of hydrogen-bond acceptors (Lipinski definition) is 4. The summed E-state index contributed by atoms with van der Waals surface area (Å²) in [5.41, 5.74) is 3.58. The third-order valence-electron chi connectivity index (χ3n) is 3.69. The van der Waals surface area contributed by atoms with Crippen LogP contribution in [0, 0.1) is 28.4 Å². The van der Waals surface area contributed by atoms with Crippen molar-refractivity contribution in [1.29, 1.82) is 5.26 Å². The number of nitrogens with zero attached hydrogens (tertiary/aromatic N) is 3. The minimum absolute atomic E-state index is 0.0184. The van der Waals surface area contributed by atoms with Gasteiger partial charge in [0, 0.05) is 6.07 Å². The van der Waals surface area contributed by atoms with E-state index in [1.165, 1.54) is 6.07 Å². The molecule has 1 N–H and O–H groups in total. The summed E-state index contributed by atoms with van der Waals surface area (Å²) in [6, 6.07) is 14.3. The molecule has 0 aliphatic rings. The summed E-state index contributed by atoms with van der Waals surface area (Å²) in [7, 11) is 0. The highest BCUT2D eigenvalue weighted by atomic mass is 16.6. The Hall–Kier alpha value is -3.72. The second-order valence-corrected chi connectivity index (χ2v) is 5.47. The largest absolute Gasteiger partial charge is 0.337 e. The van der Waals surface area contributed by atoms with E-state index in [-0.39, 0.29) is 5.69 Å². The van der Waals surface area contributed by atoms with E-state index in [0.717, 1.165) is 16.6 Å². The van der Waals surface area contributed by atoms with Crippen LogP contribution in [0.4, 0.5) is 5.69 Å². The SMILES string of the molecule is Cc1ccc2nc(/C(C#N)=C\C=C\c3ccccc3[N+](=O)[O-])[nH]c2c1. The van der Waals surface area contributed by atoms with Crippen LogP contribution in [0.2, 0.25) is 0 Å². The van der Waals surface area contributed by atoms with Crippen LogP contribution in [0.5, 0.6) is 0 Å². The van der Waals surface area contributed by atoms with Gasteiger partial charge >= 0.3 is 0 Å². The zero-order chi connectivity index (χ0) is 17.8. The Balaban J connectivity index is 1.93. The first-order valence-electron chi connectivity index (χ1n) is 7.57. The maximum absolute atomic E-state index is 11.0. The minimum Gasteiger partial charge on any atom is -0.337 e. The van der Waals surface area contributed by atoms with Gasteiger partial charge in [-0.25, -0.2) is 4.98 Å². The van der Waals surface area contributed by atoms with Crippen molar-refractivity contribution in [3.8, 4) is 6.07 Å². The molecule has 3 rings (SSSR count). The van der Waals surface area contributed by atoms with Gasteiger partial charge in [0.15, 0.2) is 0 Å². The van der Waals surface area contributed by atoms with Crippen molar-refractivity contribution < 1.29 is 4.92 Å². The molecule has 0 saturated heterocycles. The fourth-order valence-electron chi connectivity index (χ4n) is 2.46. The number of imidazole rings is 1. The van der Waals surface area contributed by atoms with Crippen LogP contribution >= 0.6 is 0 Å². The van der Waals surface area contributed by atoms with Crippen LogP contribution in [0.25, 0.3) is 22.7 Å². The molecule has 3 aromatic rings. The second-order valence-electron chi connectivity index (χ2n) is 5.47. The molecule has 0 aliphatic heterocycles. The quantitative estimate of drug-likeness (QED) is 0.332. The van der Waals surface area contributed by atoms with Crippen molar-refractivity contribution in [2.24, 2.45) is 0 Å². The smallest absolute Gasteiger partial charge is 0.276 e. The van der Waals surface area contributed by atoms with E-state index in [1.807, 2.05) is 25.1 Å². The average molecular weight is 330 g/mol. The molecule has 1 heterocycles. The van der Waals surface area contributed by atoms with Crippen LogP contribution < -0.4 is 0 Å². The first-order valence-corrected chi connectivity index (χ1v) is 7.57. The molecular formula is C19H14N4O2. The zero-order valence-corrected chi connectivity index (χ0v) is 13.4. The van der Waals surface area contributed by atoms with Crippen molar-refractivity contribution >= 4 is 28.4 Å². The van der Waals surface area contributed by atoms with Crippen LogP contribution in [0.15, 0.2) is 54.6 Å². The molecule has 1 aromatic heterocycles. The van der Waals surface area contributed by atoms with E-state index in [9.17, 15) is 15.4 Å². The molecule has 0 spiro atoms. The number of nitro groups is 1. The molecule has 0 saturated carbocycles. The summed E-state index contributed by atoms with van der Waals surface area (Å²) >= 11 is 0. The lowest BCUT2D eigenvalue weighted by Gasteiger charge is -1.95. The fraction of sp³-hybridized carbons (Fsp3) is 0.0526. The van der Waals surface area contributed by atoms with Gasteiger partial charge in [0.1, 0.15) is 11.9 Å². The maximum atomic E-state index is 11.0. The Morgan fingerprint density at radius 1 is 1.32 bits per heavy atom. The Morgan fingerprint density at radius 3 is 2.88 bits per heavy atom. The summed E-state index contributed by atoms with van der Waals surface area (Å²) in [5.74, 6) is 0.468. The van der Waals surface area contributed by atoms with E-state index < -0.39 is 4.92 Å². The molecule has 0 aliphatic carbocycles. The highest BCUT2D eigenvalue weighted by molar-refractivity contribution is 5.83. The van der Waals surface area contributed by atoms with Gasteiger partial charge in [0.05, 0.1) is 27.1 Å². The van der Waals surface area contributed by atoms with Crippen LogP contribution in [-0.4, -0.2) is 14.9 Å². The van der Waals surface area contributed by atoms with Gasteiger partial charge in [0.2, 0.25) is 0 Å². The maximum Gasteiger partial charge on any atom is 0.276 e. The molecule has 0 atom stereocenters. The van der Waals surface area contributed by atoms with Crippen LogP contribution in [0.1, 0.15) is 17.0 Å². The molecule has 0 bridgehead atoms. The van der Waals surface area contributed by atoms with Gasteiger partial charge in [-0.2, -0.15) is 5.26 Å². The number of hydrogen-bond donors (Lipinski definition) is 1. The summed E-state index contributed by atoms with van der Waals surface area (Å²) < 4.78 is 0. The molecule has 2 aromatic carbocycles. The van der Waals surface area contributed by atoms with Crippen molar-refractivity contribution in [2.45, 2.75) is 6.92 Å². The lowest BCUT2D eigenvalue weighted by molar-refractivity contribution is -0.385. The highest BCUT2D eigenvalue weighted by Gasteiger charge is 2.09. The van der Waals surface area contributed by atoms with Gasteiger partial charge in [0.25, 0.3) is 5.69 Å². The molecule has 122 valence electrons. The molecule has 6 heteroatoms. The molecule has 0 fully saturated rings. The predicted molar refractivity (Wildman–Crippen MR) is 96.6 cm³/mol. The predicted octanol–water partition coefficient (Wildman–Crippen LogP) is 4.40. The first kappa shape index (κ1) is 16.1. The Morgan fingerprint density at radius 2 is 2.12 bits per heavy atom. The Bertz CT molecular complexity index is 1050. The van der Waals surface area contributed by atoms with Crippen LogP contribution in [0.3, 0.4) is 0 Å². The third kappa shape index (κ3) is 3.46. The number of H-pyrrole nitrogens is 1. The number of nitriles is 1. The van der Waals surface area contributed by atoms with Gasteiger partial charge in [-0.3, -0.25) is 10.1 Å². The van der Waals surface area contributed by atoms with E-state index in [4.69, 9.17) is 0 Å². The van der Waals surface area contributed by atoms with Gasteiger partial charge in [-0.1, -0.05) is 24.3 Å². The number of para-hydroxylation sites is 1. The fourth-order valence-corrected chi connectivity index (χ4v) is 2.46. The van der Waals surface area contributed by atoms with Crippen molar-refractivity contribution in [1.82, 2.24) is 9.97 Å². The topological polar surface area (TPSA) is 95.6 Å². The number of benzene rings is 2. The lowest BCUT2D eigenvalue weighted by atomic mass is 10.1. The number of aryl methyl sites for hydroxylation is 1. The highest BCUT2D eigenvalue weighted by Crippen LogP contribution is 2.20. The summed E-state index contributed by atoms with van der Waals surface area (Å²) in [6.07, 6.45) is 4.79. The number of fused-ring (bicyclic) bond motifs is 1. The molecule has 6 nitrogen and oxygen atoms in total. The number of aromatic amines is 1. The van der Waals surface area contributed by atoms with Crippen molar-refractivity contribution in [2.75, 3.05) is 0 Å². The monoisotopic (exact) mass is 330 g/mol.